The van der Waals surface area contributed by atoms with Crippen molar-refractivity contribution >= 4 is 45.9 Å². The third-order valence-electron chi connectivity index (χ3n) is 1.88. The van der Waals surface area contributed by atoms with Crippen molar-refractivity contribution in [3.05, 3.63) is 29.3 Å². The van der Waals surface area contributed by atoms with E-state index in [9.17, 15) is 4.79 Å². The highest BCUT2D eigenvalue weighted by atomic mass is 79.9. The standard InChI is InChI=1S/C10H10BrClOS/c11-5-8-3-1-2-7(10(8)14)4-9(13)6-12/h1-3,14H,4-6H2. The average Bonchev–Trinajstić information content (AvgIpc) is 2.21. The maximum absolute atomic E-state index is 11.2. The molecule has 0 saturated heterocycles. The molecule has 0 aromatic heterocycles. The fourth-order valence-electron chi connectivity index (χ4n) is 1.15. The van der Waals surface area contributed by atoms with Crippen molar-refractivity contribution in [2.45, 2.75) is 16.6 Å². The molecule has 0 radical (unpaired) electrons. The minimum absolute atomic E-state index is 0.0219. The van der Waals surface area contributed by atoms with E-state index in [0.29, 0.717) is 6.42 Å². The van der Waals surface area contributed by atoms with E-state index in [4.69, 9.17) is 11.6 Å². The van der Waals surface area contributed by atoms with Gasteiger partial charge >= 0.3 is 0 Å². The number of benzene rings is 1. The number of rotatable bonds is 4. The molecule has 0 fully saturated rings. The summed E-state index contributed by atoms with van der Waals surface area (Å²) in [6, 6.07) is 5.80. The molecule has 0 saturated carbocycles. The van der Waals surface area contributed by atoms with Crippen molar-refractivity contribution < 1.29 is 4.79 Å². The van der Waals surface area contributed by atoms with Gasteiger partial charge in [-0.1, -0.05) is 34.1 Å². The lowest BCUT2D eigenvalue weighted by molar-refractivity contribution is -0.116. The van der Waals surface area contributed by atoms with Crippen molar-refractivity contribution in [2.75, 3.05) is 5.88 Å². The van der Waals surface area contributed by atoms with E-state index in [-0.39, 0.29) is 11.7 Å². The molecule has 0 bridgehead atoms. The minimum Gasteiger partial charge on any atom is -0.298 e. The highest BCUT2D eigenvalue weighted by molar-refractivity contribution is 9.08. The maximum Gasteiger partial charge on any atom is 0.151 e. The second-order valence-electron chi connectivity index (χ2n) is 2.91. The van der Waals surface area contributed by atoms with E-state index in [2.05, 4.69) is 28.6 Å². The summed E-state index contributed by atoms with van der Waals surface area (Å²) in [4.78, 5) is 12.0. The van der Waals surface area contributed by atoms with Crippen LogP contribution in [0.1, 0.15) is 11.1 Å². The number of hydrogen-bond acceptors (Lipinski definition) is 2. The monoisotopic (exact) mass is 292 g/mol. The molecule has 76 valence electrons. The average molecular weight is 294 g/mol. The molecule has 1 aromatic carbocycles. The summed E-state index contributed by atoms with van der Waals surface area (Å²) in [5.74, 6) is 0.0832. The van der Waals surface area contributed by atoms with Gasteiger partial charge in [-0.15, -0.1) is 24.2 Å². The Morgan fingerprint density at radius 3 is 2.64 bits per heavy atom. The van der Waals surface area contributed by atoms with Crippen molar-refractivity contribution in [1.29, 1.82) is 0 Å². The highest BCUT2D eigenvalue weighted by Crippen LogP contribution is 2.22. The summed E-state index contributed by atoms with van der Waals surface area (Å²) >= 11 is 13.2. The van der Waals surface area contributed by atoms with E-state index in [1.807, 2.05) is 18.2 Å². The molecule has 14 heavy (non-hydrogen) atoms. The zero-order chi connectivity index (χ0) is 10.6. The van der Waals surface area contributed by atoms with Crippen molar-refractivity contribution in [2.24, 2.45) is 0 Å². The van der Waals surface area contributed by atoms with Gasteiger partial charge < -0.3 is 0 Å². The number of thiol groups is 1. The lowest BCUT2D eigenvalue weighted by atomic mass is 10.1. The highest BCUT2D eigenvalue weighted by Gasteiger charge is 2.07. The fourth-order valence-corrected chi connectivity index (χ4v) is 2.24. The third kappa shape index (κ3) is 3.01. The summed E-state index contributed by atoms with van der Waals surface area (Å²) in [6.07, 6.45) is 0.364. The Labute approximate surface area is 102 Å². The Hall–Kier alpha value is 0.01000. The van der Waals surface area contributed by atoms with Gasteiger partial charge in [0.2, 0.25) is 0 Å². The number of alkyl halides is 2. The number of carbonyl (C=O) groups is 1. The lowest BCUT2D eigenvalue weighted by Crippen LogP contribution is -2.05. The molecule has 1 aromatic rings. The molecule has 0 aliphatic rings. The predicted octanol–water partition coefficient (Wildman–Crippen LogP) is 3.22. The Morgan fingerprint density at radius 2 is 2.07 bits per heavy atom. The molecule has 4 heteroatoms. The number of Topliss-reactive ketones (excluding diaryl/α,β-unsaturated/α-hetero) is 1. The first-order valence-corrected chi connectivity index (χ1v) is 6.22. The van der Waals surface area contributed by atoms with Gasteiger partial charge in [-0.05, 0) is 11.1 Å². The first-order valence-electron chi connectivity index (χ1n) is 4.12. The summed E-state index contributed by atoms with van der Waals surface area (Å²) in [6.45, 7) is 0. The summed E-state index contributed by atoms with van der Waals surface area (Å²) in [5, 5.41) is 0.745. The maximum atomic E-state index is 11.2. The van der Waals surface area contributed by atoms with E-state index >= 15 is 0 Å². The fraction of sp³-hybridized carbons (Fsp3) is 0.300. The Balaban J connectivity index is 2.92. The molecule has 0 heterocycles. The summed E-state index contributed by atoms with van der Waals surface area (Å²) < 4.78 is 0. The zero-order valence-electron chi connectivity index (χ0n) is 7.46. The molecule has 0 spiro atoms. The Morgan fingerprint density at radius 1 is 1.43 bits per heavy atom. The molecule has 0 N–H and O–H groups in total. The molecule has 0 aliphatic heterocycles. The SMILES string of the molecule is O=C(CCl)Cc1cccc(CBr)c1S. The second-order valence-corrected chi connectivity index (χ2v) is 4.18. The Bertz CT molecular complexity index is 341. The zero-order valence-corrected chi connectivity index (χ0v) is 10.7. The van der Waals surface area contributed by atoms with Crippen molar-refractivity contribution in [3.63, 3.8) is 0 Å². The van der Waals surface area contributed by atoms with Crippen LogP contribution < -0.4 is 0 Å². The lowest BCUT2D eigenvalue weighted by Gasteiger charge is -2.07. The normalized spacial score (nSPS) is 10.2. The van der Waals surface area contributed by atoms with Crippen LogP contribution in [0.3, 0.4) is 0 Å². The van der Waals surface area contributed by atoms with E-state index in [1.54, 1.807) is 0 Å². The van der Waals surface area contributed by atoms with E-state index in [0.717, 1.165) is 21.4 Å². The van der Waals surface area contributed by atoms with Gasteiger partial charge in [0.15, 0.2) is 5.78 Å². The van der Waals surface area contributed by atoms with Gasteiger partial charge in [-0.25, -0.2) is 0 Å². The molecule has 0 amide bonds. The van der Waals surface area contributed by atoms with Gasteiger partial charge in [0.25, 0.3) is 0 Å². The second kappa shape index (κ2) is 5.79. The van der Waals surface area contributed by atoms with Crippen LogP contribution in [0, 0.1) is 0 Å². The van der Waals surface area contributed by atoms with Crippen LogP contribution in [-0.2, 0) is 16.5 Å². The number of hydrogen-bond donors (Lipinski definition) is 1. The minimum atomic E-state index is 0.0219. The Kier molecular flexibility index (Phi) is 4.99. The molecular formula is C10H10BrClOS. The van der Waals surface area contributed by atoms with Crippen LogP contribution >= 0.6 is 40.2 Å². The molecule has 1 nitrogen and oxygen atoms in total. The summed E-state index contributed by atoms with van der Waals surface area (Å²) in [5.41, 5.74) is 2.03. The first-order chi connectivity index (χ1) is 6.69. The van der Waals surface area contributed by atoms with Crippen LogP contribution in [0.15, 0.2) is 23.1 Å². The topological polar surface area (TPSA) is 17.1 Å². The smallest absolute Gasteiger partial charge is 0.151 e. The summed E-state index contributed by atoms with van der Waals surface area (Å²) in [7, 11) is 0. The number of halogens is 2. The molecule has 0 atom stereocenters. The largest absolute Gasteiger partial charge is 0.298 e. The molecule has 0 aliphatic carbocycles. The van der Waals surface area contributed by atoms with Crippen LogP contribution in [0.2, 0.25) is 0 Å². The van der Waals surface area contributed by atoms with Gasteiger partial charge in [0, 0.05) is 16.6 Å². The third-order valence-corrected chi connectivity index (χ3v) is 3.36. The van der Waals surface area contributed by atoms with Crippen molar-refractivity contribution in [1.82, 2.24) is 0 Å². The van der Waals surface area contributed by atoms with Crippen molar-refractivity contribution in [3.8, 4) is 0 Å². The quantitative estimate of drug-likeness (QED) is 0.666. The van der Waals surface area contributed by atoms with Crippen LogP contribution in [0.4, 0.5) is 0 Å². The van der Waals surface area contributed by atoms with E-state index in [1.165, 1.54) is 0 Å². The van der Waals surface area contributed by atoms with Crippen LogP contribution in [0.25, 0.3) is 0 Å². The number of carbonyl (C=O) groups excluding carboxylic acids is 1. The van der Waals surface area contributed by atoms with Gasteiger partial charge in [0.1, 0.15) is 0 Å². The van der Waals surface area contributed by atoms with Gasteiger partial charge in [-0.2, -0.15) is 0 Å². The van der Waals surface area contributed by atoms with Gasteiger partial charge in [0.05, 0.1) is 5.88 Å². The number of ketones is 1. The first kappa shape index (κ1) is 12.1. The van der Waals surface area contributed by atoms with E-state index < -0.39 is 0 Å². The van der Waals surface area contributed by atoms with Gasteiger partial charge in [-0.3, -0.25) is 4.79 Å². The van der Waals surface area contributed by atoms with Crippen LogP contribution in [-0.4, -0.2) is 11.7 Å². The molecular weight excluding hydrogens is 284 g/mol. The molecule has 1 rings (SSSR count). The van der Waals surface area contributed by atoms with Crippen LogP contribution in [0.5, 0.6) is 0 Å². The predicted molar refractivity (Wildman–Crippen MR) is 65.8 cm³/mol. The molecule has 0 unspecified atom stereocenters.